The van der Waals surface area contributed by atoms with Gasteiger partial charge in [0.05, 0.1) is 0 Å². The highest BCUT2D eigenvalue weighted by Crippen LogP contribution is 2.04. The fraction of sp³-hybridized carbons (Fsp3) is 0.364. The quantitative estimate of drug-likeness (QED) is 0.684. The monoisotopic (exact) mass is 194 g/mol. The van der Waals surface area contributed by atoms with Crippen molar-refractivity contribution in [3.05, 3.63) is 35.4 Å². The van der Waals surface area contributed by atoms with E-state index in [1.807, 2.05) is 31.2 Å². The van der Waals surface area contributed by atoms with E-state index in [1.54, 1.807) is 0 Å². The zero-order valence-electron chi connectivity index (χ0n) is 8.45. The maximum absolute atomic E-state index is 10.9. The zero-order valence-corrected chi connectivity index (χ0v) is 8.45. The van der Waals surface area contributed by atoms with Gasteiger partial charge >= 0.3 is 5.97 Å². The van der Waals surface area contributed by atoms with E-state index in [-0.39, 0.29) is 12.6 Å². The van der Waals surface area contributed by atoms with Crippen molar-refractivity contribution in [1.82, 2.24) is 0 Å². The molecule has 0 amide bonds. The van der Waals surface area contributed by atoms with Gasteiger partial charge in [0.1, 0.15) is 13.2 Å². The summed E-state index contributed by atoms with van der Waals surface area (Å²) in [6, 6.07) is 7.85. The molecule has 0 aromatic heterocycles. The van der Waals surface area contributed by atoms with Crippen molar-refractivity contribution < 1.29 is 14.3 Å². The summed E-state index contributed by atoms with van der Waals surface area (Å²) in [6.45, 7) is 2.33. The van der Waals surface area contributed by atoms with Crippen molar-refractivity contribution in [2.45, 2.75) is 13.5 Å². The number of carbonyl (C=O) groups excluding carboxylic acids is 1. The number of carbonyl (C=O) groups is 1. The van der Waals surface area contributed by atoms with Crippen molar-refractivity contribution in [1.29, 1.82) is 0 Å². The SMILES string of the molecule is COCC(=O)OCc1ccc(C)cc1. The van der Waals surface area contributed by atoms with E-state index < -0.39 is 0 Å². The van der Waals surface area contributed by atoms with Gasteiger partial charge in [0.2, 0.25) is 0 Å². The van der Waals surface area contributed by atoms with Crippen molar-refractivity contribution in [2.75, 3.05) is 13.7 Å². The number of esters is 1. The maximum Gasteiger partial charge on any atom is 0.332 e. The molecule has 3 heteroatoms. The highest BCUT2D eigenvalue weighted by atomic mass is 16.6. The molecule has 1 aromatic rings. The van der Waals surface area contributed by atoms with Gasteiger partial charge in [-0.05, 0) is 12.5 Å². The molecule has 0 atom stereocenters. The highest BCUT2D eigenvalue weighted by Gasteiger charge is 2.01. The second-order valence-corrected chi connectivity index (χ2v) is 3.08. The van der Waals surface area contributed by atoms with Crippen LogP contribution in [0.2, 0.25) is 0 Å². The Morgan fingerprint density at radius 3 is 2.50 bits per heavy atom. The van der Waals surface area contributed by atoms with Crippen LogP contribution in [0.5, 0.6) is 0 Å². The molecule has 76 valence electrons. The summed E-state index contributed by atoms with van der Waals surface area (Å²) in [4.78, 5) is 10.9. The second kappa shape index (κ2) is 5.40. The van der Waals surface area contributed by atoms with Crippen LogP contribution in [-0.2, 0) is 20.9 Å². The summed E-state index contributed by atoms with van der Waals surface area (Å²) in [7, 11) is 1.47. The molecule has 14 heavy (non-hydrogen) atoms. The van der Waals surface area contributed by atoms with E-state index in [1.165, 1.54) is 12.7 Å². The number of benzene rings is 1. The van der Waals surface area contributed by atoms with Crippen LogP contribution in [0.15, 0.2) is 24.3 Å². The maximum atomic E-state index is 10.9. The van der Waals surface area contributed by atoms with Gasteiger partial charge in [0.15, 0.2) is 0 Å². The molecule has 0 aliphatic rings. The predicted molar refractivity (Wildman–Crippen MR) is 52.9 cm³/mol. The summed E-state index contributed by atoms with van der Waals surface area (Å²) in [5.74, 6) is -0.340. The largest absolute Gasteiger partial charge is 0.459 e. The van der Waals surface area contributed by atoms with E-state index in [2.05, 4.69) is 4.74 Å². The second-order valence-electron chi connectivity index (χ2n) is 3.08. The Bertz CT molecular complexity index is 290. The number of hydrogen-bond donors (Lipinski definition) is 0. The third-order valence-corrected chi connectivity index (χ3v) is 1.78. The minimum atomic E-state index is -0.340. The lowest BCUT2D eigenvalue weighted by Gasteiger charge is -2.04. The average molecular weight is 194 g/mol. The van der Waals surface area contributed by atoms with Gasteiger partial charge in [0.25, 0.3) is 0 Å². The number of hydrogen-bond acceptors (Lipinski definition) is 3. The van der Waals surface area contributed by atoms with Crippen molar-refractivity contribution >= 4 is 5.97 Å². The van der Waals surface area contributed by atoms with Gasteiger partial charge in [-0.3, -0.25) is 0 Å². The number of aryl methyl sites for hydroxylation is 1. The summed E-state index contributed by atoms with van der Waals surface area (Å²) >= 11 is 0. The van der Waals surface area contributed by atoms with Crippen LogP contribution in [0.25, 0.3) is 0 Å². The zero-order chi connectivity index (χ0) is 10.4. The van der Waals surface area contributed by atoms with E-state index in [9.17, 15) is 4.79 Å². The molecule has 0 spiro atoms. The Balaban J connectivity index is 2.38. The fourth-order valence-corrected chi connectivity index (χ4v) is 1.01. The summed E-state index contributed by atoms with van der Waals surface area (Å²) in [6.07, 6.45) is 0. The lowest BCUT2D eigenvalue weighted by molar-refractivity contribution is -0.149. The molecule has 0 aliphatic carbocycles. The van der Waals surface area contributed by atoms with Crippen LogP contribution in [0, 0.1) is 6.92 Å². The summed E-state index contributed by atoms with van der Waals surface area (Å²) < 4.78 is 9.58. The molecule has 3 nitrogen and oxygen atoms in total. The third kappa shape index (κ3) is 3.58. The summed E-state index contributed by atoms with van der Waals surface area (Å²) in [5, 5.41) is 0. The lowest BCUT2D eigenvalue weighted by atomic mass is 10.2. The van der Waals surface area contributed by atoms with Crippen LogP contribution < -0.4 is 0 Å². The molecule has 0 heterocycles. The minimum absolute atomic E-state index is 0.00581. The van der Waals surface area contributed by atoms with Gasteiger partial charge in [-0.2, -0.15) is 0 Å². The number of methoxy groups -OCH3 is 1. The van der Waals surface area contributed by atoms with Crippen molar-refractivity contribution in [2.24, 2.45) is 0 Å². The number of ether oxygens (including phenoxy) is 2. The van der Waals surface area contributed by atoms with Crippen LogP contribution in [0.3, 0.4) is 0 Å². The van der Waals surface area contributed by atoms with E-state index in [4.69, 9.17) is 4.74 Å². The Morgan fingerprint density at radius 2 is 1.93 bits per heavy atom. The van der Waals surface area contributed by atoms with E-state index >= 15 is 0 Å². The molecule has 1 rings (SSSR count). The lowest BCUT2D eigenvalue weighted by Crippen LogP contribution is -2.10. The molecule has 0 unspecified atom stereocenters. The molecule has 0 radical (unpaired) electrons. The van der Waals surface area contributed by atoms with E-state index in [0.29, 0.717) is 6.61 Å². The molecule has 1 aromatic carbocycles. The van der Waals surface area contributed by atoms with Crippen LogP contribution in [0.4, 0.5) is 0 Å². The van der Waals surface area contributed by atoms with Crippen molar-refractivity contribution in [3.63, 3.8) is 0 Å². The van der Waals surface area contributed by atoms with E-state index in [0.717, 1.165) is 5.56 Å². The van der Waals surface area contributed by atoms with Gasteiger partial charge in [0, 0.05) is 7.11 Å². The first-order valence-electron chi connectivity index (χ1n) is 4.42. The Kier molecular flexibility index (Phi) is 4.13. The molecule has 0 bridgehead atoms. The van der Waals surface area contributed by atoms with Gasteiger partial charge in [-0.1, -0.05) is 29.8 Å². The van der Waals surface area contributed by atoms with Crippen LogP contribution >= 0.6 is 0 Å². The van der Waals surface area contributed by atoms with Gasteiger partial charge in [-0.25, -0.2) is 4.79 Å². The predicted octanol–water partition coefficient (Wildman–Crippen LogP) is 1.68. The molecular weight excluding hydrogens is 180 g/mol. The standard InChI is InChI=1S/C11H14O3/c1-9-3-5-10(6-4-9)7-14-11(12)8-13-2/h3-6H,7-8H2,1-2H3. The van der Waals surface area contributed by atoms with Gasteiger partial charge < -0.3 is 9.47 Å². The normalized spacial score (nSPS) is 9.86. The molecule has 0 saturated carbocycles. The molecule has 0 saturated heterocycles. The summed E-state index contributed by atoms with van der Waals surface area (Å²) in [5.41, 5.74) is 2.18. The smallest absolute Gasteiger partial charge is 0.332 e. The van der Waals surface area contributed by atoms with Crippen molar-refractivity contribution in [3.8, 4) is 0 Å². The highest BCUT2D eigenvalue weighted by molar-refractivity contribution is 5.70. The number of rotatable bonds is 4. The first-order chi connectivity index (χ1) is 6.72. The molecule has 0 N–H and O–H groups in total. The topological polar surface area (TPSA) is 35.5 Å². The Labute approximate surface area is 83.6 Å². The first kappa shape index (κ1) is 10.7. The third-order valence-electron chi connectivity index (χ3n) is 1.78. The average Bonchev–Trinajstić information content (AvgIpc) is 2.17. The first-order valence-corrected chi connectivity index (χ1v) is 4.42. The molecule has 0 aliphatic heterocycles. The fourth-order valence-electron chi connectivity index (χ4n) is 1.01. The minimum Gasteiger partial charge on any atom is -0.459 e. The Hall–Kier alpha value is -1.35. The molecule has 0 fully saturated rings. The van der Waals surface area contributed by atoms with Gasteiger partial charge in [-0.15, -0.1) is 0 Å². The van der Waals surface area contributed by atoms with Crippen LogP contribution in [-0.4, -0.2) is 19.7 Å². The Morgan fingerprint density at radius 1 is 1.29 bits per heavy atom. The van der Waals surface area contributed by atoms with Crippen LogP contribution in [0.1, 0.15) is 11.1 Å². The molecular formula is C11H14O3.